The minimum atomic E-state index is -0.874. The molecule has 1 aliphatic rings. The third kappa shape index (κ3) is 3.35. The van der Waals surface area contributed by atoms with E-state index in [4.69, 9.17) is 4.74 Å². The number of ether oxygens (including phenoxy) is 1. The van der Waals surface area contributed by atoms with Gasteiger partial charge >= 0.3 is 5.97 Å². The zero-order valence-corrected chi connectivity index (χ0v) is 13.3. The molecule has 0 bridgehead atoms. The summed E-state index contributed by atoms with van der Waals surface area (Å²) in [5.41, 5.74) is 0. The van der Waals surface area contributed by atoms with E-state index in [1.165, 1.54) is 30.6 Å². The summed E-state index contributed by atoms with van der Waals surface area (Å²) >= 11 is 1.35. The summed E-state index contributed by atoms with van der Waals surface area (Å²) < 4.78 is 6.11. The highest BCUT2D eigenvalue weighted by molar-refractivity contribution is 7.14. The highest BCUT2D eigenvalue weighted by atomic mass is 32.1. The van der Waals surface area contributed by atoms with E-state index in [0.29, 0.717) is 22.5 Å². The van der Waals surface area contributed by atoms with Gasteiger partial charge < -0.3 is 9.84 Å². The summed E-state index contributed by atoms with van der Waals surface area (Å²) in [6.45, 7) is 6.35. The van der Waals surface area contributed by atoms with Crippen LogP contribution in [0.1, 0.15) is 73.3 Å². The molecule has 112 valence electrons. The molecule has 3 nitrogen and oxygen atoms in total. The first-order valence-corrected chi connectivity index (χ1v) is 8.38. The van der Waals surface area contributed by atoms with Crippen molar-refractivity contribution in [2.45, 2.75) is 64.9 Å². The van der Waals surface area contributed by atoms with E-state index in [-0.39, 0.29) is 6.10 Å². The lowest BCUT2D eigenvalue weighted by atomic mass is 9.85. The molecule has 2 atom stereocenters. The zero-order chi connectivity index (χ0) is 14.7. The molecule has 0 aromatic carbocycles. The Labute approximate surface area is 125 Å². The van der Waals surface area contributed by atoms with Gasteiger partial charge in [-0.1, -0.05) is 27.2 Å². The van der Waals surface area contributed by atoms with Gasteiger partial charge in [0.25, 0.3) is 0 Å². The Kier molecular flexibility index (Phi) is 5.08. The zero-order valence-electron chi connectivity index (χ0n) is 12.5. The lowest BCUT2D eigenvalue weighted by Crippen LogP contribution is -2.30. The summed E-state index contributed by atoms with van der Waals surface area (Å²) in [6, 6.07) is 1.93. The van der Waals surface area contributed by atoms with Crippen LogP contribution in [-0.4, -0.2) is 17.2 Å². The van der Waals surface area contributed by atoms with Gasteiger partial charge in [0, 0.05) is 4.88 Å². The molecule has 2 unspecified atom stereocenters. The quantitative estimate of drug-likeness (QED) is 0.839. The summed E-state index contributed by atoms with van der Waals surface area (Å²) in [5, 5.41) is 9.34. The molecule has 1 saturated carbocycles. The number of hydrogen-bond acceptors (Lipinski definition) is 3. The van der Waals surface area contributed by atoms with Gasteiger partial charge in [0.1, 0.15) is 11.9 Å². The number of hydrogen-bond donors (Lipinski definition) is 1. The first-order chi connectivity index (χ1) is 9.52. The van der Waals surface area contributed by atoms with Gasteiger partial charge in [-0.25, -0.2) is 4.79 Å². The van der Waals surface area contributed by atoms with E-state index in [1.807, 2.05) is 6.07 Å². The number of carbonyl (C=O) groups is 1. The standard InChI is InChI=1S/C16H24O3S/c1-4-11-7-5-6-8-12(11)19-13-9-14(10(2)3)20-15(13)16(17)18/h9-12H,4-8H2,1-3H3,(H,17,18). The van der Waals surface area contributed by atoms with Gasteiger partial charge in [-0.3, -0.25) is 0 Å². The Bertz CT molecular complexity index is 464. The first-order valence-electron chi connectivity index (χ1n) is 7.56. The van der Waals surface area contributed by atoms with Crippen molar-refractivity contribution in [2.75, 3.05) is 0 Å². The molecule has 1 heterocycles. The van der Waals surface area contributed by atoms with Crippen LogP contribution in [0.25, 0.3) is 0 Å². The third-order valence-corrected chi connectivity index (χ3v) is 5.53. The van der Waals surface area contributed by atoms with Gasteiger partial charge in [0.05, 0.1) is 0 Å². The number of carboxylic acid groups (broad SMARTS) is 1. The maximum Gasteiger partial charge on any atom is 0.349 e. The third-order valence-electron chi connectivity index (χ3n) is 4.12. The molecule has 1 aromatic rings. The van der Waals surface area contributed by atoms with Crippen LogP contribution in [0.3, 0.4) is 0 Å². The average molecular weight is 296 g/mol. The van der Waals surface area contributed by atoms with E-state index in [2.05, 4.69) is 20.8 Å². The van der Waals surface area contributed by atoms with Crippen LogP contribution in [-0.2, 0) is 0 Å². The summed E-state index contributed by atoms with van der Waals surface area (Å²) in [4.78, 5) is 12.8. The van der Waals surface area contributed by atoms with E-state index in [0.717, 1.165) is 17.7 Å². The molecule has 1 aliphatic carbocycles. The maximum absolute atomic E-state index is 11.4. The summed E-state index contributed by atoms with van der Waals surface area (Å²) in [6.07, 6.45) is 5.99. The monoisotopic (exact) mass is 296 g/mol. The van der Waals surface area contributed by atoms with Gasteiger partial charge in [-0.2, -0.15) is 0 Å². The van der Waals surface area contributed by atoms with Crippen LogP contribution in [0.15, 0.2) is 6.07 Å². The Hall–Kier alpha value is -1.03. The van der Waals surface area contributed by atoms with Crippen LogP contribution >= 0.6 is 11.3 Å². The number of carboxylic acids is 1. The molecule has 0 amide bonds. The van der Waals surface area contributed by atoms with Crippen molar-refractivity contribution >= 4 is 17.3 Å². The maximum atomic E-state index is 11.4. The molecular weight excluding hydrogens is 272 g/mol. The molecule has 1 aromatic heterocycles. The minimum absolute atomic E-state index is 0.182. The van der Waals surface area contributed by atoms with Crippen molar-refractivity contribution in [3.05, 3.63) is 15.8 Å². The average Bonchev–Trinajstić information content (AvgIpc) is 2.84. The van der Waals surface area contributed by atoms with Crippen LogP contribution < -0.4 is 4.74 Å². The molecule has 20 heavy (non-hydrogen) atoms. The van der Waals surface area contributed by atoms with E-state index in [1.54, 1.807) is 0 Å². The molecule has 0 aliphatic heterocycles. The van der Waals surface area contributed by atoms with Crippen molar-refractivity contribution in [3.8, 4) is 5.75 Å². The molecule has 2 rings (SSSR count). The predicted molar refractivity (Wildman–Crippen MR) is 82.0 cm³/mol. The molecule has 0 spiro atoms. The van der Waals surface area contributed by atoms with Crippen LogP contribution in [0.4, 0.5) is 0 Å². The van der Waals surface area contributed by atoms with Crippen molar-refractivity contribution in [3.63, 3.8) is 0 Å². The van der Waals surface area contributed by atoms with E-state index < -0.39 is 5.97 Å². The molecule has 0 saturated heterocycles. The van der Waals surface area contributed by atoms with Crippen molar-refractivity contribution in [2.24, 2.45) is 5.92 Å². The Morgan fingerprint density at radius 2 is 2.15 bits per heavy atom. The first kappa shape index (κ1) is 15.4. The normalized spacial score (nSPS) is 23.0. The Balaban J connectivity index is 2.20. The largest absolute Gasteiger partial charge is 0.488 e. The second-order valence-corrected chi connectivity index (χ2v) is 6.99. The molecule has 1 fully saturated rings. The topological polar surface area (TPSA) is 46.5 Å². The highest BCUT2D eigenvalue weighted by Crippen LogP contribution is 2.37. The van der Waals surface area contributed by atoms with Crippen molar-refractivity contribution in [1.29, 1.82) is 0 Å². The number of thiophene rings is 1. The minimum Gasteiger partial charge on any atom is -0.488 e. The number of aromatic carboxylic acids is 1. The number of rotatable bonds is 5. The van der Waals surface area contributed by atoms with E-state index in [9.17, 15) is 9.90 Å². The molecule has 1 N–H and O–H groups in total. The highest BCUT2D eigenvalue weighted by Gasteiger charge is 2.28. The fourth-order valence-corrected chi connectivity index (χ4v) is 3.80. The fourth-order valence-electron chi connectivity index (χ4n) is 2.87. The SMILES string of the molecule is CCC1CCCCC1Oc1cc(C(C)C)sc1C(=O)O. The van der Waals surface area contributed by atoms with Gasteiger partial charge in [0.2, 0.25) is 0 Å². The summed E-state index contributed by atoms with van der Waals surface area (Å²) in [7, 11) is 0. The smallest absolute Gasteiger partial charge is 0.349 e. The van der Waals surface area contributed by atoms with Crippen LogP contribution in [0, 0.1) is 5.92 Å². The summed E-state index contributed by atoms with van der Waals surface area (Å²) in [5.74, 6) is 0.605. The second-order valence-electron chi connectivity index (χ2n) is 5.91. The molecular formula is C16H24O3S. The molecule has 4 heteroatoms. The van der Waals surface area contributed by atoms with Gasteiger partial charge in [-0.15, -0.1) is 11.3 Å². The van der Waals surface area contributed by atoms with Gasteiger partial charge in [-0.05, 0) is 43.6 Å². The van der Waals surface area contributed by atoms with Crippen LogP contribution in [0.5, 0.6) is 5.75 Å². The van der Waals surface area contributed by atoms with Gasteiger partial charge in [0.15, 0.2) is 4.88 Å². The van der Waals surface area contributed by atoms with Crippen molar-refractivity contribution in [1.82, 2.24) is 0 Å². The Morgan fingerprint density at radius 1 is 1.45 bits per heavy atom. The molecule has 0 radical (unpaired) electrons. The second kappa shape index (κ2) is 6.61. The van der Waals surface area contributed by atoms with E-state index >= 15 is 0 Å². The Morgan fingerprint density at radius 3 is 2.75 bits per heavy atom. The lowest BCUT2D eigenvalue weighted by molar-refractivity contribution is 0.0672. The van der Waals surface area contributed by atoms with Crippen LogP contribution in [0.2, 0.25) is 0 Å². The fraction of sp³-hybridized carbons (Fsp3) is 0.688. The van der Waals surface area contributed by atoms with Crippen molar-refractivity contribution < 1.29 is 14.6 Å². The lowest BCUT2D eigenvalue weighted by Gasteiger charge is -2.31. The predicted octanol–water partition coefficient (Wildman–Crippen LogP) is 4.92.